The summed E-state index contributed by atoms with van der Waals surface area (Å²) in [6, 6.07) is 15.9. The number of ether oxygens (including phenoxy) is 1. The van der Waals surface area contributed by atoms with Crippen molar-refractivity contribution in [1.82, 2.24) is 10.5 Å². The number of amides is 1. The Hall–Kier alpha value is -3.08. The lowest BCUT2D eigenvalue weighted by Crippen LogP contribution is -2.28. The molecule has 158 valence electrons. The lowest BCUT2D eigenvalue weighted by molar-refractivity contribution is 0.0928. The SMILES string of the molecule is Cc1ccc(OCc2c(C(=O)NC(C)c3ccc(C(C)(C)C)cc3)noc2C)cc1. The van der Waals surface area contributed by atoms with Crippen LogP contribution in [0.1, 0.15) is 72.2 Å². The van der Waals surface area contributed by atoms with E-state index in [-0.39, 0.29) is 29.7 Å². The quantitative estimate of drug-likeness (QED) is 0.574. The topological polar surface area (TPSA) is 64.4 Å². The van der Waals surface area contributed by atoms with E-state index in [1.54, 1.807) is 6.92 Å². The molecule has 1 heterocycles. The minimum atomic E-state index is -0.276. The highest BCUT2D eigenvalue weighted by Gasteiger charge is 2.22. The zero-order valence-electron chi connectivity index (χ0n) is 18.6. The second kappa shape index (κ2) is 8.74. The summed E-state index contributed by atoms with van der Waals surface area (Å²) in [6.45, 7) is 12.5. The molecule has 0 saturated heterocycles. The zero-order valence-corrected chi connectivity index (χ0v) is 18.6. The molecule has 1 unspecified atom stereocenters. The predicted octanol–water partition coefficient (Wildman–Crippen LogP) is 5.66. The van der Waals surface area contributed by atoms with Crippen molar-refractivity contribution in [3.63, 3.8) is 0 Å². The number of aryl methyl sites for hydroxylation is 2. The monoisotopic (exact) mass is 406 g/mol. The number of carbonyl (C=O) groups is 1. The van der Waals surface area contributed by atoms with Gasteiger partial charge in [-0.3, -0.25) is 4.79 Å². The van der Waals surface area contributed by atoms with Crippen LogP contribution in [0.2, 0.25) is 0 Å². The average Bonchev–Trinajstić information content (AvgIpc) is 3.07. The molecule has 1 atom stereocenters. The molecule has 0 saturated carbocycles. The fraction of sp³-hybridized carbons (Fsp3) is 0.360. The van der Waals surface area contributed by atoms with Crippen molar-refractivity contribution in [1.29, 1.82) is 0 Å². The summed E-state index contributed by atoms with van der Waals surface area (Å²) in [5, 5.41) is 6.98. The number of aromatic nitrogens is 1. The summed E-state index contributed by atoms with van der Waals surface area (Å²) in [7, 11) is 0. The van der Waals surface area contributed by atoms with E-state index in [4.69, 9.17) is 9.26 Å². The van der Waals surface area contributed by atoms with Crippen LogP contribution in [-0.2, 0) is 12.0 Å². The summed E-state index contributed by atoms with van der Waals surface area (Å²) in [6.07, 6.45) is 0. The fourth-order valence-electron chi connectivity index (χ4n) is 3.15. The molecule has 1 N–H and O–H groups in total. The average molecular weight is 407 g/mol. The molecule has 5 heteroatoms. The Balaban J connectivity index is 1.68. The maximum absolute atomic E-state index is 12.9. The van der Waals surface area contributed by atoms with Gasteiger partial charge in [0.2, 0.25) is 0 Å². The first-order chi connectivity index (χ1) is 14.1. The van der Waals surface area contributed by atoms with Crippen LogP contribution in [-0.4, -0.2) is 11.1 Å². The zero-order chi connectivity index (χ0) is 21.9. The second-order valence-electron chi connectivity index (χ2n) is 8.73. The smallest absolute Gasteiger partial charge is 0.274 e. The van der Waals surface area contributed by atoms with Gasteiger partial charge in [0.1, 0.15) is 18.1 Å². The van der Waals surface area contributed by atoms with Gasteiger partial charge in [0, 0.05) is 0 Å². The van der Waals surface area contributed by atoms with Gasteiger partial charge in [-0.15, -0.1) is 0 Å². The molecule has 0 aliphatic heterocycles. The fourth-order valence-corrected chi connectivity index (χ4v) is 3.15. The summed E-state index contributed by atoms with van der Waals surface area (Å²) in [4.78, 5) is 12.9. The van der Waals surface area contributed by atoms with Crippen molar-refractivity contribution in [2.24, 2.45) is 0 Å². The third-order valence-corrected chi connectivity index (χ3v) is 5.23. The summed E-state index contributed by atoms with van der Waals surface area (Å²) in [5.41, 5.74) is 4.46. The molecule has 0 radical (unpaired) electrons. The van der Waals surface area contributed by atoms with Crippen molar-refractivity contribution in [3.8, 4) is 5.75 Å². The molecular weight excluding hydrogens is 376 g/mol. The van der Waals surface area contributed by atoms with E-state index < -0.39 is 0 Å². The van der Waals surface area contributed by atoms with Gasteiger partial charge < -0.3 is 14.6 Å². The Kier molecular flexibility index (Phi) is 6.30. The molecule has 5 nitrogen and oxygen atoms in total. The summed E-state index contributed by atoms with van der Waals surface area (Å²) in [5.74, 6) is 1.04. The van der Waals surface area contributed by atoms with Gasteiger partial charge in [-0.05, 0) is 49.4 Å². The van der Waals surface area contributed by atoms with Crippen molar-refractivity contribution >= 4 is 5.91 Å². The van der Waals surface area contributed by atoms with Crippen LogP contribution in [0.4, 0.5) is 0 Å². The van der Waals surface area contributed by atoms with E-state index in [1.165, 1.54) is 5.56 Å². The van der Waals surface area contributed by atoms with Gasteiger partial charge in [0.15, 0.2) is 5.69 Å². The van der Waals surface area contributed by atoms with Crippen LogP contribution in [0.15, 0.2) is 53.1 Å². The number of hydrogen-bond acceptors (Lipinski definition) is 4. The lowest BCUT2D eigenvalue weighted by atomic mass is 9.86. The van der Waals surface area contributed by atoms with Crippen molar-refractivity contribution in [3.05, 3.63) is 82.2 Å². The van der Waals surface area contributed by atoms with Gasteiger partial charge in [-0.25, -0.2) is 0 Å². The minimum absolute atomic E-state index is 0.0929. The summed E-state index contributed by atoms with van der Waals surface area (Å²) >= 11 is 0. The molecule has 0 spiro atoms. The molecule has 30 heavy (non-hydrogen) atoms. The molecule has 0 aliphatic rings. The van der Waals surface area contributed by atoms with Gasteiger partial charge in [-0.2, -0.15) is 0 Å². The molecule has 1 aromatic heterocycles. The van der Waals surface area contributed by atoms with Crippen LogP contribution < -0.4 is 10.1 Å². The highest BCUT2D eigenvalue weighted by molar-refractivity contribution is 5.94. The Labute approximate surface area is 178 Å². The maximum Gasteiger partial charge on any atom is 0.274 e. The number of rotatable bonds is 6. The first-order valence-electron chi connectivity index (χ1n) is 10.2. The Morgan fingerprint density at radius 2 is 1.70 bits per heavy atom. The highest BCUT2D eigenvalue weighted by Crippen LogP contribution is 2.24. The molecular formula is C25H30N2O3. The lowest BCUT2D eigenvalue weighted by Gasteiger charge is -2.20. The normalized spacial score (nSPS) is 12.5. The molecule has 2 aromatic carbocycles. The number of benzene rings is 2. The molecule has 0 aliphatic carbocycles. The van der Waals surface area contributed by atoms with E-state index in [2.05, 4.69) is 55.5 Å². The highest BCUT2D eigenvalue weighted by atomic mass is 16.5. The van der Waals surface area contributed by atoms with E-state index >= 15 is 0 Å². The van der Waals surface area contributed by atoms with Crippen LogP contribution in [0.25, 0.3) is 0 Å². The molecule has 1 amide bonds. The van der Waals surface area contributed by atoms with Crippen LogP contribution in [0, 0.1) is 13.8 Å². The first kappa shape index (κ1) is 21.6. The number of nitrogens with zero attached hydrogens (tertiary/aromatic N) is 1. The van der Waals surface area contributed by atoms with Crippen LogP contribution in [0.5, 0.6) is 5.75 Å². The Morgan fingerprint density at radius 1 is 1.07 bits per heavy atom. The van der Waals surface area contributed by atoms with Gasteiger partial charge in [0.25, 0.3) is 5.91 Å². The number of hydrogen-bond donors (Lipinski definition) is 1. The van der Waals surface area contributed by atoms with Gasteiger partial charge >= 0.3 is 0 Å². The van der Waals surface area contributed by atoms with Crippen molar-refractivity contribution in [2.75, 3.05) is 0 Å². The van der Waals surface area contributed by atoms with Crippen LogP contribution in [0.3, 0.4) is 0 Å². The predicted molar refractivity (Wildman–Crippen MR) is 118 cm³/mol. The van der Waals surface area contributed by atoms with E-state index in [0.29, 0.717) is 11.3 Å². The third-order valence-electron chi connectivity index (χ3n) is 5.23. The summed E-state index contributed by atoms with van der Waals surface area (Å²) < 4.78 is 11.1. The maximum atomic E-state index is 12.9. The minimum Gasteiger partial charge on any atom is -0.489 e. The molecule has 0 bridgehead atoms. The first-order valence-corrected chi connectivity index (χ1v) is 10.2. The molecule has 3 aromatic rings. The standard InChI is InChI=1S/C25H30N2O3/c1-16-7-13-21(14-8-16)29-15-22-18(3)30-27-23(22)24(28)26-17(2)19-9-11-20(12-10-19)25(4,5)6/h7-14,17H,15H2,1-6H3,(H,26,28). The molecule has 0 fully saturated rings. The van der Waals surface area contributed by atoms with Gasteiger partial charge in [0.05, 0.1) is 11.6 Å². The van der Waals surface area contributed by atoms with Gasteiger partial charge in [-0.1, -0.05) is 67.9 Å². The molecule has 3 rings (SSSR count). The second-order valence-corrected chi connectivity index (χ2v) is 8.73. The van der Waals surface area contributed by atoms with E-state index in [0.717, 1.165) is 16.9 Å². The van der Waals surface area contributed by atoms with E-state index in [9.17, 15) is 4.79 Å². The number of nitrogens with one attached hydrogen (secondary N) is 1. The van der Waals surface area contributed by atoms with Crippen molar-refractivity contribution < 1.29 is 14.1 Å². The van der Waals surface area contributed by atoms with Crippen LogP contribution >= 0.6 is 0 Å². The Morgan fingerprint density at radius 3 is 2.30 bits per heavy atom. The van der Waals surface area contributed by atoms with Crippen molar-refractivity contribution in [2.45, 2.75) is 59.6 Å². The third kappa shape index (κ3) is 5.09. The number of carbonyl (C=O) groups excluding carboxylic acids is 1. The Bertz CT molecular complexity index is 996. The largest absolute Gasteiger partial charge is 0.489 e. The van der Waals surface area contributed by atoms with E-state index in [1.807, 2.05) is 38.1 Å².